The van der Waals surface area contributed by atoms with E-state index in [4.69, 9.17) is 24.1 Å². The van der Waals surface area contributed by atoms with Crippen LogP contribution in [0.15, 0.2) is 0 Å². The third-order valence-corrected chi connectivity index (χ3v) is 14.4. The number of carbonyl (C=O) groups excluding carboxylic acids is 1. The second-order valence-corrected chi connectivity index (χ2v) is 22.2. The summed E-state index contributed by atoms with van der Waals surface area (Å²) in [6.07, 6.45) is -0.608. The molecule has 5 N–H and O–H groups in total. The van der Waals surface area contributed by atoms with Gasteiger partial charge in [-0.3, -0.25) is 4.79 Å². The monoisotopic (exact) mass is 1750 g/mol. The van der Waals surface area contributed by atoms with Gasteiger partial charge in [0, 0.05) is 217 Å². The molecule has 10 nitrogen and oxygen atoms in total. The van der Waals surface area contributed by atoms with Gasteiger partial charge in [-0.05, 0) is 84.4 Å². The van der Waals surface area contributed by atoms with Gasteiger partial charge in [-0.25, -0.2) is 0 Å². The van der Waals surface area contributed by atoms with E-state index in [1.807, 2.05) is 34.6 Å². The molecule has 19 atom stereocenters. The Morgan fingerprint density at radius 1 is 0.430 bits per heavy atom. The molecule has 0 saturated carbocycles. The molecule has 0 aliphatic carbocycles. The minimum atomic E-state index is -1.26. The maximum absolute atomic E-state index is 11.3. The van der Waals surface area contributed by atoms with E-state index in [-0.39, 0.29) is 379 Å². The Balaban J connectivity index is -0.0000000222. The zero-order valence-corrected chi connectivity index (χ0v) is 81.1. The van der Waals surface area contributed by atoms with Gasteiger partial charge in [-0.1, -0.05) is 166 Å². The molecule has 4 aliphatic heterocycles. The fourth-order valence-corrected chi connectivity index (χ4v) is 9.05. The second-order valence-electron chi connectivity index (χ2n) is 22.2. The molecule has 23 heteroatoms. The van der Waals surface area contributed by atoms with Crippen molar-refractivity contribution >= 4 is 99.0 Å². The van der Waals surface area contributed by atoms with Gasteiger partial charge in [-0.15, -0.1) is 24.0 Å². The average Bonchev–Trinajstić information content (AvgIpc) is 3.20. The quantitative estimate of drug-likeness (QED) is 0.0720. The fraction of sp³-hybridized carbons (Fsp3) is 0.825. The van der Waals surface area contributed by atoms with Crippen molar-refractivity contribution in [2.75, 3.05) is 6.61 Å². The molecular formula is C63H143B5IO10S2Y5-10. The minimum Gasteiger partial charge on any atom is -0.462 e. The third kappa shape index (κ3) is 58.2. The standard InChI is InChI=1S/C13H26O2.C13H26O.C10H18O2.C9H18O5.2C4H10.10CH3.5B.HI.2H2S.5Y/c1-7-12-10(5)9(4)11(6)13(14,15-12)8(2)3;1-7-12-10(5)9(4)11(6)13(14-12)8(2)3;1-5-9-7(3)6(2)8(4)10(11)12-9;1-4(2)9-8(13)7(12)6(11)5(3-10)14-9;2*1-4(2)3;;;;;;;;;;;;;;;;;;;;;;;/h8-12,14H,7H2,1-6H3;8-13H,7H2,1-6H3;6-9H,5H2,1-4H3;4-13H,3H2,1-2H3;2*4H,1-3H3;10*1H3;;;;;;1H;2*1H2;;;;;/q;;;;;;10*-1;;;;;;;;;;;;;/t9-,10-,11+,12+,13?;9-,10-,11+,12+,13-;6-,7-,8+,9+;5-,6-,7+,8-,9+;;;;;;;;;;;;;;;;;;;;;;;;;/m0001........................./s1. The summed E-state index contributed by atoms with van der Waals surface area (Å²) in [5.41, 5.74) is 0. The number of rotatable bonds is 7. The van der Waals surface area contributed by atoms with Gasteiger partial charge in [0.05, 0.1) is 36.9 Å². The molecule has 0 aromatic carbocycles. The molecule has 4 rings (SSSR count). The molecule has 20 radical (unpaired) electrons. The molecule has 514 valence electrons. The van der Waals surface area contributed by atoms with Crippen molar-refractivity contribution < 1.29 is 213 Å². The van der Waals surface area contributed by atoms with E-state index >= 15 is 0 Å². The summed E-state index contributed by atoms with van der Waals surface area (Å²) in [6, 6.07) is 0. The largest absolute Gasteiger partial charge is 0.462 e. The molecule has 0 aromatic heterocycles. The molecule has 86 heavy (non-hydrogen) atoms. The molecule has 0 bridgehead atoms. The molecule has 0 amide bonds. The maximum Gasteiger partial charge on any atom is 0.309 e. The van der Waals surface area contributed by atoms with Gasteiger partial charge in [-0.2, -0.15) is 27.0 Å². The first-order chi connectivity index (χ1) is 28.9. The first kappa shape index (κ1) is 170. The first-order valence-corrected chi connectivity index (χ1v) is 25.4. The number of carbonyl (C=O) groups is 1. The van der Waals surface area contributed by atoms with Crippen molar-refractivity contribution in [1.29, 1.82) is 0 Å². The number of cyclic esters (lactones) is 1. The summed E-state index contributed by atoms with van der Waals surface area (Å²) in [7, 11) is 0. The van der Waals surface area contributed by atoms with E-state index in [0.29, 0.717) is 53.6 Å². The molecular weight excluding hydrogens is 1610 g/mol. The SMILES string of the molecule is CC(C)C.CC(C)C.CC(C)[C@@H]1O[C@H](CO)[C@@H](O)[C@H](O)[C@H]1O.CC[C@H]1OC(=O)[C@H](C)[C@@H](C)[C@@H]1C.CC[C@H]1OC(O)(C(C)C)[C@H](C)[C@@H](C)[C@@H]1C.CC[C@H]1O[C@@H](C(C)C)[C@H](C)[C@@H](C)[C@@H]1C.I.S.S.[B].[B].[B].[B].[B].[CH3-].[CH3-].[CH3-].[CH3-].[CH3-].[CH3-].[CH3-].[CH3-].[CH3-].[CH3-].[Y].[Y].[Y].[Y].[Y]. The average molecular weight is 1750 g/mol. The summed E-state index contributed by atoms with van der Waals surface area (Å²) in [4.78, 5) is 11.3. The topological polar surface area (TPSA) is 155 Å². The molecule has 4 saturated heterocycles. The summed E-state index contributed by atoms with van der Waals surface area (Å²) >= 11 is 0. The van der Waals surface area contributed by atoms with Crippen molar-refractivity contribution in [2.24, 2.45) is 82.9 Å². The van der Waals surface area contributed by atoms with E-state index in [0.717, 1.165) is 37.0 Å². The Kier molecular flexibility index (Phi) is 173. The van der Waals surface area contributed by atoms with Gasteiger partial charge in [0.25, 0.3) is 0 Å². The number of esters is 1. The second kappa shape index (κ2) is 87.5. The Morgan fingerprint density at radius 2 is 0.721 bits per heavy atom. The number of halogens is 1. The van der Waals surface area contributed by atoms with Crippen LogP contribution in [0.1, 0.15) is 185 Å². The minimum absolute atomic E-state index is 0. The van der Waals surface area contributed by atoms with Crippen LogP contribution in [0.4, 0.5) is 0 Å². The number of ether oxygens (including phenoxy) is 4. The normalized spacial score (nSPS) is 29.4. The number of aliphatic hydroxyl groups excluding tert-OH is 4. The fourth-order valence-electron chi connectivity index (χ4n) is 9.05. The first-order valence-electron chi connectivity index (χ1n) is 25.4. The van der Waals surface area contributed by atoms with Crippen LogP contribution in [0.25, 0.3) is 0 Å². The van der Waals surface area contributed by atoms with Crippen LogP contribution in [-0.4, -0.2) is 141 Å². The summed E-state index contributed by atoms with van der Waals surface area (Å²) in [5.74, 6) is 6.00. The van der Waals surface area contributed by atoms with Crippen LogP contribution < -0.4 is 0 Å². The molecule has 4 aliphatic rings. The van der Waals surface area contributed by atoms with Gasteiger partial charge in [0.2, 0.25) is 0 Å². The Bertz CT molecular complexity index is 1200. The Labute approximate surface area is 711 Å². The van der Waals surface area contributed by atoms with E-state index in [2.05, 4.69) is 132 Å². The van der Waals surface area contributed by atoms with Crippen molar-refractivity contribution in [3.63, 3.8) is 0 Å². The van der Waals surface area contributed by atoms with E-state index in [1.54, 1.807) is 0 Å². The molecule has 1 unspecified atom stereocenters. The maximum atomic E-state index is 11.3. The van der Waals surface area contributed by atoms with E-state index in [1.165, 1.54) is 0 Å². The van der Waals surface area contributed by atoms with Crippen molar-refractivity contribution in [1.82, 2.24) is 0 Å². The summed E-state index contributed by atoms with van der Waals surface area (Å²) < 4.78 is 22.7. The van der Waals surface area contributed by atoms with Crippen LogP contribution in [0.3, 0.4) is 0 Å². The molecule has 4 heterocycles. The zero-order chi connectivity index (χ0) is 50.0. The predicted molar refractivity (Wildman–Crippen MR) is 390 cm³/mol. The van der Waals surface area contributed by atoms with Gasteiger partial charge < -0.3 is 119 Å². The van der Waals surface area contributed by atoms with Crippen molar-refractivity contribution in [2.45, 2.75) is 246 Å². The summed E-state index contributed by atoms with van der Waals surface area (Å²) in [6.45, 7) is 51.3. The van der Waals surface area contributed by atoms with Crippen molar-refractivity contribution in [3.8, 4) is 0 Å². The smallest absolute Gasteiger partial charge is 0.309 e. The van der Waals surface area contributed by atoms with Crippen LogP contribution >= 0.6 is 51.0 Å². The van der Waals surface area contributed by atoms with Crippen LogP contribution in [0, 0.1) is 157 Å². The third-order valence-electron chi connectivity index (χ3n) is 14.4. The Morgan fingerprint density at radius 3 is 1.00 bits per heavy atom. The zero-order valence-electron chi connectivity index (χ0n) is 62.6. The molecule has 0 spiro atoms. The predicted octanol–water partition coefficient (Wildman–Crippen LogP) is 14.2. The number of aliphatic hydroxyl groups is 5. The van der Waals surface area contributed by atoms with Gasteiger partial charge in [0.1, 0.15) is 30.5 Å². The van der Waals surface area contributed by atoms with Crippen LogP contribution in [0.2, 0.25) is 0 Å². The summed E-state index contributed by atoms with van der Waals surface area (Å²) in [5, 5.41) is 47.9. The molecule has 4 fully saturated rings. The van der Waals surface area contributed by atoms with Gasteiger partial charge in [0.15, 0.2) is 5.79 Å². The van der Waals surface area contributed by atoms with E-state index in [9.17, 15) is 25.2 Å². The Hall–Kier alpha value is 6.42. The van der Waals surface area contributed by atoms with Crippen LogP contribution in [0.5, 0.6) is 0 Å². The number of hydrogen-bond acceptors (Lipinski definition) is 10. The van der Waals surface area contributed by atoms with Crippen LogP contribution in [-0.2, 0) is 187 Å². The van der Waals surface area contributed by atoms with Crippen molar-refractivity contribution in [3.05, 3.63) is 74.3 Å². The number of hydrogen-bond donors (Lipinski definition) is 5. The molecule has 0 aromatic rings. The van der Waals surface area contributed by atoms with E-state index < -0.39 is 36.3 Å². The van der Waals surface area contributed by atoms with Gasteiger partial charge >= 0.3 is 5.97 Å².